The molecule has 1 aliphatic rings. The highest BCUT2D eigenvalue weighted by molar-refractivity contribution is 5.85. The molecule has 6 heteroatoms. The number of amides is 1. The van der Waals surface area contributed by atoms with E-state index in [4.69, 9.17) is 0 Å². The number of carboxylic acid groups (broad SMARTS) is 1. The predicted molar refractivity (Wildman–Crippen MR) is 71.1 cm³/mol. The molecular formula is C12H18ClN3O2. The van der Waals surface area contributed by atoms with Crippen molar-refractivity contribution in [3.63, 3.8) is 0 Å². The molecular weight excluding hydrogens is 254 g/mol. The van der Waals surface area contributed by atoms with Gasteiger partial charge in [-0.25, -0.2) is 4.79 Å². The van der Waals surface area contributed by atoms with Crippen molar-refractivity contribution >= 4 is 18.5 Å². The number of nitrogens with zero attached hydrogens (tertiary/aromatic N) is 2. The van der Waals surface area contributed by atoms with Crippen LogP contribution in [0.5, 0.6) is 0 Å². The van der Waals surface area contributed by atoms with Gasteiger partial charge in [0.15, 0.2) is 0 Å². The van der Waals surface area contributed by atoms with Crippen molar-refractivity contribution in [2.45, 2.75) is 18.4 Å². The van der Waals surface area contributed by atoms with E-state index in [0.29, 0.717) is 6.54 Å². The molecule has 0 bridgehead atoms. The van der Waals surface area contributed by atoms with E-state index in [1.807, 2.05) is 18.2 Å². The van der Waals surface area contributed by atoms with E-state index < -0.39 is 11.6 Å². The minimum atomic E-state index is -0.917. The van der Waals surface area contributed by atoms with Gasteiger partial charge in [0, 0.05) is 19.8 Å². The number of likely N-dealkylation sites (N-methyl/N-ethyl adjacent to an activating group) is 1. The third-order valence-electron chi connectivity index (χ3n) is 3.43. The summed E-state index contributed by atoms with van der Waals surface area (Å²) in [6.07, 6.45) is 2.55. The Balaban J connectivity index is 0.00000162. The van der Waals surface area contributed by atoms with Gasteiger partial charge in [-0.05, 0) is 31.5 Å². The number of pyridine rings is 1. The lowest BCUT2D eigenvalue weighted by atomic mass is 9.85. The van der Waals surface area contributed by atoms with Crippen molar-refractivity contribution in [3.05, 3.63) is 30.1 Å². The summed E-state index contributed by atoms with van der Waals surface area (Å²) < 4.78 is 0. The van der Waals surface area contributed by atoms with Crippen LogP contribution in [0.3, 0.4) is 0 Å². The summed E-state index contributed by atoms with van der Waals surface area (Å²) in [4.78, 5) is 17.0. The third kappa shape index (κ3) is 2.57. The van der Waals surface area contributed by atoms with Crippen LogP contribution in [0.15, 0.2) is 24.4 Å². The zero-order valence-corrected chi connectivity index (χ0v) is 11.1. The molecule has 1 unspecified atom stereocenters. The Labute approximate surface area is 113 Å². The van der Waals surface area contributed by atoms with Crippen LogP contribution in [-0.4, -0.2) is 41.2 Å². The van der Waals surface area contributed by atoms with Crippen LogP contribution >= 0.6 is 12.4 Å². The first-order valence-electron chi connectivity index (χ1n) is 5.76. The molecule has 0 spiro atoms. The number of nitrogens with one attached hydrogen (secondary N) is 1. The highest BCUT2D eigenvalue weighted by Gasteiger charge is 2.41. The minimum absolute atomic E-state index is 0. The Morgan fingerprint density at radius 1 is 1.56 bits per heavy atom. The quantitative estimate of drug-likeness (QED) is 0.859. The van der Waals surface area contributed by atoms with E-state index in [-0.39, 0.29) is 12.4 Å². The first-order valence-corrected chi connectivity index (χ1v) is 5.76. The Morgan fingerprint density at radius 2 is 2.33 bits per heavy atom. The normalized spacial score (nSPS) is 22.9. The molecule has 0 aromatic carbocycles. The van der Waals surface area contributed by atoms with E-state index >= 15 is 0 Å². The molecule has 5 nitrogen and oxygen atoms in total. The van der Waals surface area contributed by atoms with Crippen molar-refractivity contribution in [1.82, 2.24) is 15.2 Å². The summed E-state index contributed by atoms with van der Waals surface area (Å²) in [7, 11) is 1.62. The van der Waals surface area contributed by atoms with Gasteiger partial charge in [0.25, 0.3) is 0 Å². The largest absolute Gasteiger partial charge is 0.465 e. The minimum Gasteiger partial charge on any atom is -0.465 e. The van der Waals surface area contributed by atoms with Crippen LogP contribution in [0.1, 0.15) is 18.5 Å². The monoisotopic (exact) mass is 271 g/mol. The van der Waals surface area contributed by atoms with Crippen LogP contribution in [0.25, 0.3) is 0 Å². The van der Waals surface area contributed by atoms with Gasteiger partial charge >= 0.3 is 6.09 Å². The summed E-state index contributed by atoms with van der Waals surface area (Å²) in [5.74, 6) is 0. The lowest BCUT2D eigenvalue weighted by Crippen LogP contribution is -2.55. The Morgan fingerprint density at radius 3 is 2.83 bits per heavy atom. The van der Waals surface area contributed by atoms with Crippen LogP contribution < -0.4 is 5.32 Å². The molecule has 1 fully saturated rings. The van der Waals surface area contributed by atoms with E-state index in [9.17, 15) is 9.90 Å². The standard InChI is InChI=1S/C12H17N3O2.ClH/c1-15(11(16)17)12(6-4-7-13-9-12)10-5-2-3-8-14-10;/h2-3,5,8,13H,4,6-7,9H2,1H3,(H,16,17);1H. The highest BCUT2D eigenvalue weighted by Crippen LogP contribution is 2.32. The molecule has 1 amide bonds. The van der Waals surface area contributed by atoms with E-state index in [1.165, 1.54) is 4.90 Å². The number of rotatable bonds is 2. The number of piperidine rings is 1. The number of hydrogen-bond donors (Lipinski definition) is 2. The number of carbonyl (C=O) groups is 1. The maximum atomic E-state index is 11.2. The number of aromatic nitrogens is 1. The molecule has 2 heterocycles. The molecule has 1 aliphatic heterocycles. The lowest BCUT2D eigenvalue weighted by Gasteiger charge is -2.42. The molecule has 0 aliphatic carbocycles. The predicted octanol–water partition coefficient (Wildman–Crippen LogP) is 1.69. The average molecular weight is 272 g/mol. The van der Waals surface area contributed by atoms with Crippen molar-refractivity contribution < 1.29 is 9.90 Å². The molecule has 100 valence electrons. The van der Waals surface area contributed by atoms with Gasteiger partial charge in [-0.3, -0.25) is 9.88 Å². The van der Waals surface area contributed by atoms with E-state index in [1.54, 1.807) is 13.2 Å². The SMILES string of the molecule is CN(C(=O)O)C1(c2ccccn2)CCCNC1.Cl. The maximum Gasteiger partial charge on any atom is 0.407 e. The van der Waals surface area contributed by atoms with Gasteiger partial charge in [0.2, 0.25) is 0 Å². The van der Waals surface area contributed by atoms with Crippen LogP contribution in [-0.2, 0) is 5.54 Å². The summed E-state index contributed by atoms with van der Waals surface area (Å²) in [5.41, 5.74) is 0.280. The van der Waals surface area contributed by atoms with E-state index in [2.05, 4.69) is 10.3 Å². The maximum absolute atomic E-state index is 11.2. The van der Waals surface area contributed by atoms with Crippen molar-refractivity contribution in [3.8, 4) is 0 Å². The smallest absolute Gasteiger partial charge is 0.407 e. The van der Waals surface area contributed by atoms with Crippen LogP contribution in [0.2, 0.25) is 0 Å². The molecule has 1 aromatic rings. The Kier molecular flexibility index (Phi) is 4.93. The van der Waals surface area contributed by atoms with Crippen molar-refractivity contribution in [2.24, 2.45) is 0 Å². The lowest BCUT2D eigenvalue weighted by molar-refractivity contribution is 0.0712. The topological polar surface area (TPSA) is 65.5 Å². The van der Waals surface area contributed by atoms with Gasteiger partial charge in [0.05, 0.1) is 5.69 Å². The zero-order valence-electron chi connectivity index (χ0n) is 10.3. The fourth-order valence-electron chi connectivity index (χ4n) is 2.39. The van der Waals surface area contributed by atoms with Gasteiger partial charge in [-0.15, -0.1) is 12.4 Å². The Hall–Kier alpha value is -1.33. The Bertz CT molecular complexity index is 394. The molecule has 0 saturated carbocycles. The number of hydrogen-bond acceptors (Lipinski definition) is 3. The van der Waals surface area contributed by atoms with Crippen molar-refractivity contribution in [2.75, 3.05) is 20.1 Å². The highest BCUT2D eigenvalue weighted by atomic mass is 35.5. The summed E-state index contributed by atoms with van der Waals surface area (Å²) in [6, 6.07) is 5.63. The zero-order chi connectivity index (χ0) is 12.3. The van der Waals surface area contributed by atoms with Gasteiger partial charge in [-0.1, -0.05) is 6.07 Å². The average Bonchev–Trinajstić information content (AvgIpc) is 2.39. The third-order valence-corrected chi connectivity index (χ3v) is 3.43. The van der Waals surface area contributed by atoms with Crippen molar-refractivity contribution in [1.29, 1.82) is 0 Å². The molecule has 18 heavy (non-hydrogen) atoms. The molecule has 1 saturated heterocycles. The molecule has 2 N–H and O–H groups in total. The second-order valence-electron chi connectivity index (χ2n) is 4.37. The molecule has 2 rings (SSSR count). The second kappa shape index (κ2) is 6.02. The second-order valence-corrected chi connectivity index (χ2v) is 4.37. The van der Waals surface area contributed by atoms with Crippen LogP contribution in [0.4, 0.5) is 4.79 Å². The molecule has 1 atom stereocenters. The number of halogens is 1. The van der Waals surface area contributed by atoms with Crippen LogP contribution in [0, 0.1) is 0 Å². The van der Waals surface area contributed by atoms with Gasteiger partial charge < -0.3 is 10.4 Å². The first kappa shape index (κ1) is 14.7. The summed E-state index contributed by atoms with van der Waals surface area (Å²) in [5, 5.41) is 12.5. The van der Waals surface area contributed by atoms with E-state index in [0.717, 1.165) is 25.1 Å². The first-order chi connectivity index (χ1) is 8.17. The summed E-state index contributed by atoms with van der Waals surface area (Å²) in [6.45, 7) is 1.55. The fraction of sp³-hybridized carbons (Fsp3) is 0.500. The molecule has 1 aromatic heterocycles. The molecule has 0 radical (unpaired) electrons. The van der Waals surface area contributed by atoms with Gasteiger partial charge in [0.1, 0.15) is 5.54 Å². The fourth-order valence-corrected chi connectivity index (χ4v) is 2.39. The van der Waals surface area contributed by atoms with Gasteiger partial charge in [-0.2, -0.15) is 0 Å². The summed E-state index contributed by atoms with van der Waals surface area (Å²) >= 11 is 0.